The van der Waals surface area contributed by atoms with Gasteiger partial charge in [-0.15, -0.1) is 0 Å². The largest absolute Gasteiger partial charge is 0.324 e. The third-order valence-corrected chi connectivity index (χ3v) is 5.56. The minimum atomic E-state index is -0.435. The molecule has 1 fully saturated rings. The molecule has 130 valence electrons. The quantitative estimate of drug-likeness (QED) is 0.557. The minimum Gasteiger partial charge on any atom is -0.324 e. The molecule has 2 rings (SSSR count). The zero-order valence-electron chi connectivity index (χ0n) is 13.6. The third-order valence-electron chi connectivity index (χ3n) is 3.81. The molecule has 2 amide bonds. The molecule has 1 aromatic rings. The van der Waals surface area contributed by atoms with Crippen LogP contribution in [0.4, 0.5) is 10.1 Å². The highest BCUT2D eigenvalue weighted by Crippen LogP contribution is 2.29. The van der Waals surface area contributed by atoms with Crippen molar-refractivity contribution in [3.05, 3.63) is 30.1 Å². The number of hydrogen-bond donors (Lipinski definition) is 1. The number of rotatable bonds is 8. The van der Waals surface area contributed by atoms with Gasteiger partial charge in [0.15, 0.2) is 0 Å². The number of thioether (sulfide) groups is 1. The van der Waals surface area contributed by atoms with Crippen LogP contribution in [0, 0.1) is 5.82 Å². The molecular weight excluding hydrogens is 347 g/mol. The molecule has 1 N–H and O–H groups in total. The van der Waals surface area contributed by atoms with E-state index in [0.717, 1.165) is 19.3 Å². The predicted octanol–water partition coefficient (Wildman–Crippen LogP) is 3.96. The maximum Gasteiger partial charge on any atom is 0.241 e. The monoisotopic (exact) mass is 368 g/mol. The van der Waals surface area contributed by atoms with Crippen molar-refractivity contribution in [2.45, 2.75) is 44.3 Å². The summed E-state index contributed by atoms with van der Waals surface area (Å²) in [4.78, 5) is 25.5. The summed E-state index contributed by atoms with van der Waals surface area (Å²) in [7, 11) is 0. The molecule has 1 aliphatic rings. The molecule has 0 aliphatic carbocycles. The van der Waals surface area contributed by atoms with E-state index in [2.05, 4.69) is 5.32 Å². The smallest absolute Gasteiger partial charge is 0.241 e. The molecule has 0 saturated carbocycles. The molecule has 1 heterocycles. The zero-order chi connectivity index (χ0) is 17.5. The van der Waals surface area contributed by atoms with Crippen molar-refractivity contribution in [3.63, 3.8) is 0 Å². The first kappa shape index (κ1) is 18.9. The van der Waals surface area contributed by atoms with E-state index in [4.69, 9.17) is 12.2 Å². The zero-order valence-corrected chi connectivity index (χ0v) is 15.2. The number of thiocarbonyl (C=S) groups is 1. The normalized spacial score (nSPS) is 17.4. The van der Waals surface area contributed by atoms with Crippen LogP contribution in [0.5, 0.6) is 0 Å². The van der Waals surface area contributed by atoms with Crippen molar-refractivity contribution in [2.75, 3.05) is 11.9 Å². The molecule has 4 nitrogen and oxygen atoms in total. The fourth-order valence-corrected chi connectivity index (χ4v) is 3.94. The van der Waals surface area contributed by atoms with E-state index >= 15 is 0 Å². The fourth-order valence-electron chi connectivity index (χ4n) is 2.47. The van der Waals surface area contributed by atoms with Gasteiger partial charge in [0.05, 0.1) is 10.9 Å². The van der Waals surface area contributed by atoms with E-state index < -0.39 is 5.82 Å². The Morgan fingerprint density at radius 3 is 2.75 bits per heavy atom. The number of para-hydroxylation sites is 1. The highest BCUT2D eigenvalue weighted by atomic mass is 32.2. The average molecular weight is 368 g/mol. The second-order valence-electron chi connectivity index (χ2n) is 5.61. The Kier molecular flexibility index (Phi) is 7.17. The van der Waals surface area contributed by atoms with Gasteiger partial charge in [0.1, 0.15) is 10.1 Å². The van der Waals surface area contributed by atoms with Gasteiger partial charge in [-0.25, -0.2) is 4.39 Å². The lowest BCUT2D eigenvalue weighted by molar-refractivity contribution is -0.126. The van der Waals surface area contributed by atoms with Gasteiger partial charge in [-0.3, -0.25) is 14.5 Å². The van der Waals surface area contributed by atoms with Crippen molar-refractivity contribution in [3.8, 4) is 0 Å². The number of carbonyl (C=O) groups is 2. The van der Waals surface area contributed by atoms with Crippen LogP contribution in [0.25, 0.3) is 0 Å². The van der Waals surface area contributed by atoms with Crippen LogP contribution in [-0.2, 0) is 9.59 Å². The van der Waals surface area contributed by atoms with E-state index in [1.807, 2.05) is 6.92 Å². The average Bonchev–Trinajstić information content (AvgIpc) is 2.83. The van der Waals surface area contributed by atoms with E-state index in [9.17, 15) is 14.0 Å². The molecular formula is C17H21FN2O2S2. The summed E-state index contributed by atoms with van der Waals surface area (Å²) in [5, 5.41) is 2.53. The predicted molar refractivity (Wildman–Crippen MR) is 99.5 cm³/mol. The second-order valence-corrected chi connectivity index (χ2v) is 7.45. The standard InChI is InChI=1S/C17H21FN2O2S2/c1-2-14-16(22)20(17(23)24-14)11-7-3-4-10-15(21)19-13-9-6-5-8-12(13)18/h5-6,8-9,14H,2-4,7,10-11H2,1H3,(H,19,21). The van der Waals surface area contributed by atoms with Gasteiger partial charge in [0, 0.05) is 13.0 Å². The molecule has 0 radical (unpaired) electrons. The summed E-state index contributed by atoms with van der Waals surface area (Å²) in [5.41, 5.74) is 0.207. The molecule has 1 unspecified atom stereocenters. The summed E-state index contributed by atoms with van der Waals surface area (Å²) in [5.74, 6) is -0.533. The summed E-state index contributed by atoms with van der Waals surface area (Å²) in [6, 6.07) is 6.11. The molecule has 1 aliphatic heterocycles. The molecule has 1 aromatic carbocycles. The Morgan fingerprint density at radius 2 is 2.08 bits per heavy atom. The first-order chi connectivity index (χ1) is 11.5. The molecule has 7 heteroatoms. The molecule has 1 atom stereocenters. The molecule has 0 aromatic heterocycles. The molecule has 0 spiro atoms. The lowest BCUT2D eigenvalue weighted by Gasteiger charge is -2.15. The van der Waals surface area contributed by atoms with Crippen molar-refractivity contribution >= 4 is 45.8 Å². The van der Waals surface area contributed by atoms with Gasteiger partial charge in [0.2, 0.25) is 11.8 Å². The Bertz CT molecular complexity index is 624. The Hall–Kier alpha value is -1.47. The number of amides is 2. The molecule has 0 bridgehead atoms. The van der Waals surface area contributed by atoms with Gasteiger partial charge < -0.3 is 5.32 Å². The summed E-state index contributed by atoms with van der Waals surface area (Å²) in [6.45, 7) is 2.59. The van der Waals surface area contributed by atoms with Gasteiger partial charge in [0.25, 0.3) is 0 Å². The maximum atomic E-state index is 13.4. The first-order valence-electron chi connectivity index (χ1n) is 8.09. The molecule has 1 saturated heterocycles. The van der Waals surface area contributed by atoms with Crippen LogP contribution in [0.15, 0.2) is 24.3 Å². The topological polar surface area (TPSA) is 49.4 Å². The van der Waals surface area contributed by atoms with Gasteiger partial charge in [-0.1, -0.05) is 49.5 Å². The van der Waals surface area contributed by atoms with Crippen molar-refractivity contribution in [2.24, 2.45) is 0 Å². The van der Waals surface area contributed by atoms with E-state index in [0.29, 0.717) is 23.7 Å². The van der Waals surface area contributed by atoms with Crippen LogP contribution < -0.4 is 5.32 Å². The number of benzene rings is 1. The number of nitrogens with zero attached hydrogens (tertiary/aromatic N) is 1. The Morgan fingerprint density at radius 1 is 1.33 bits per heavy atom. The highest BCUT2D eigenvalue weighted by molar-refractivity contribution is 8.24. The number of carbonyl (C=O) groups excluding carboxylic acids is 2. The van der Waals surface area contributed by atoms with Crippen LogP contribution in [0.1, 0.15) is 39.0 Å². The summed E-state index contributed by atoms with van der Waals surface area (Å²) >= 11 is 6.70. The lowest BCUT2D eigenvalue weighted by Crippen LogP contribution is -2.32. The number of unbranched alkanes of at least 4 members (excludes halogenated alkanes) is 2. The lowest BCUT2D eigenvalue weighted by atomic mass is 10.1. The van der Waals surface area contributed by atoms with Crippen molar-refractivity contribution < 1.29 is 14.0 Å². The van der Waals surface area contributed by atoms with Gasteiger partial charge >= 0.3 is 0 Å². The van der Waals surface area contributed by atoms with Crippen molar-refractivity contribution in [1.29, 1.82) is 0 Å². The number of halogens is 1. The van der Waals surface area contributed by atoms with Crippen LogP contribution in [-0.4, -0.2) is 32.8 Å². The first-order valence-corrected chi connectivity index (χ1v) is 9.38. The summed E-state index contributed by atoms with van der Waals surface area (Å²) in [6.07, 6.45) is 3.43. The number of hydrogen-bond acceptors (Lipinski definition) is 4. The Balaban J connectivity index is 1.65. The van der Waals surface area contributed by atoms with E-state index in [1.165, 1.54) is 23.9 Å². The van der Waals surface area contributed by atoms with Crippen molar-refractivity contribution in [1.82, 2.24) is 4.90 Å². The van der Waals surface area contributed by atoms with E-state index in [-0.39, 0.29) is 22.8 Å². The van der Waals surface area contributed by atoms with Crippen LogP contribution in [0.3, 0.4) is 0 Å². The Labute approximate surface area is 151 Å². The minimum absolute atomic E-state index is 0.0379. The van der Waals surface area contributed by atoms with Gasteiger partial charge in [-0.05, 0) is 31.4 Å². The SMILES string of the molecule is CCC1SC(=S)N(CCCCCC(=O)Nc2ccccc2F)C1=O. The number of anilines is 1. The summed E-state index contributed by atoms with van der Waals surface area (Å²) < 4.78 is 14.1. The van der Waals surface area contributed by atoms with Crippen LogP contribution in [0.2, 0.25) is 0 Å². The fraction of sp³-hybridized carbons (Fsp3) is 0.471. The van der Waals surface area contributed by atoms with Crippen LogP contribution >= 0.6 is 24.0 Å². The second kappa shape index (κ2) is 9.13. The molecule has 24 heavy (non-hydrogen) atoms. The van der Waals surface area contributed by atoms with Gasteiger partial charge in [-0.2, -0.15) is 0 Å². The number of nitrogens with one attached hydrogen (secondary N) is 1. The third kappa shape index (κ3) is 5.01. The van der Waals surface area contributed by atoms with E-state index in [1.54, 1.807) is 17.0 Å². The maximum absolute atomic E-state index is 13.4. The highest BCUT2D eigenvalue weighted by Gasteiger charge is 2.34.